The number of thiazole rings is 1. The molecule has 0 radical (unpaired) electrons. The van der Waals surface area contributed by atoms with Gasteiger partial charge in [0.1, 0.15) is 5.75 Å². The van der Waals surface area contributed by atoms with Crippen molar-refractivity contribution in [2.75, 3.05) is 19.7 Å². The zero-order valence-corrected chi connectivity index (χ0v) is 16.4. The van der Waals surface area contributed by atoms with Gasteiger partial charge in [-0.05, 0) is 44.0 Å². The zero-order chi connectivity index (χ0) is 18.6. The summed E-state index contributed by atoms with van der Waals surface area (Å²) in [5.41, 5.74) is 2.29. The highest BCUT2D eigenvalue weighted by Crippen LogP contribution is 2.33. The average Bonchev–Trinajstić information content (AvgIpc) is 3.14. The van der Waals surface area contributed by atoms with Crippen LogP contribution in [0.25, 0.3) is 10.2 Å². The van der Waals surface area contributed by atoms with Crippen LogP contribution in [0.15, 0.2) is 48.5 Å². The van der Waals surface area contributed by atoms with Gasteiger partial charge in [0, 0.05) is 19.0 Å². The first-order chi connectivity index (χ1) is 13.2. The second-order valence-corrected chi connectivity index (χ2v) is 8.15. The number of para-hydroxylation sites is 1. The fourth-order valence-electron chi connectivity index (χ4n) is 3.49. The molecule has 27 heavy (non-hydrogen) atoms. The van der Waals surface area contributed by atoms with Crippen molar-refractivity contribution in [3.63, 3.8) is 0 Å². The lowest BCUT2D eigenvalue weighted by atomic mass is 9.97. The number of aromatic nitrogens is 1. The molecule has 0 spiro atoms. The third-order valence-corrected chi connectivity index (χ3v) is 6.31. The minimum Gasteiger partial charge on any atom is -0.493 e. The second-order valence-electron chi connectivity index (χ2n) is 7.09. The first-order valence-electron chi connectivity index (χ1n) is 9.52. The molecule has 5 heteroatoms. The Morgan fingerprint density at radius 1 is 1.15 bits per heavy atom. The Kier molecular flexibility index (Phi) is 5.39. The molecule has 0 N–H and O–H groups in total. The Balaban J connectivity index is 1.25. The number of aryl methyl sites for hydroxylation is 1. The van der Waals surface area contributed by atoms with Gasteiger partial charge in [0.25, 0.3) is 0 Å². The van der Waals surface area contributed by atoms with Gasteiger partial charge in [-0.15, -0.1) is 11.3 Å². The molecule has 140 valence electrons. The van der Waals surface area contributed by atoms with Crippen LogP contribution in [0.1, 0.15) is 35.8 Å². The number of hydrogen-bond acceptors (Lipinski definition) is 4. The zero-order valence-electron chi connectivity index (χ0n) is 15.6. The summed E-state index contributed by atoms with van der Waals surface area (Å²) in [4.78, 5) is 19.2. The number of carbonyl (C=O) groups excluding carboxylic acids is 1. The van der Waals surface area contributed by atoms with Gasteiger partial charge in [0.05, 0.1) is 28.3 Å². The predicted molar refractivity (Wildman–Crippen MR) is 109 cm³/mol. The number of nitrogens with zero attached hydrogens (tertiary/aromatic N) is 2. The molecule has 0 bridgehead atoms. The van der Waals surface area contributed by atoms with E-state index in [4.69, 9.17) is 9.72 Å². The highest BCUT2D eigenvalue weighted by atomic mass is 32.1. The maximum absolute atomic E-state index is 12.5. The fraction of sp³-hybridized carbons (Fsp3) is 0.364. The lowest BCUT2D eigenvalue weighted by Crippen LogP contribution is -2.38. The monoisotopic (exact) mass is 380 g/mol. The first kappa shape index (κ1) is 18.0. The van der Waals surface area contributed by atoms with Crippen LogP contribution in [-0.2, 0) is 4.79 Å². The number of fused-ring (bicyclic) bond motifs is 1. The van der Waals surface area contributed by atoms with Crippen molar-refractivity contribution in [1.29, 1.82) is 0 Å². The van der Waals surface area contributed by atoms with Crippen molar-refractivity contribution in [2.45, 2.75) is 32.1 Å². The van der Waals surface area contributed by atoms with E-state index in [9.17, 15) is 4.79 Å². The summed E-state index contributed by atoms with van der Waals surface area (Å²) < 4.78 is 6.94. The van der Waals surface area contributed by atoms with Gasteiger partial charge in [-0.25, -0.2) is 4.98 Å². The van der Waals surface area contributed by atoms with Gasteiger partial charge >= 0.3 is 0 Å². The van der Waals surface area contributed by atoms with Gasteiger partial charge in [-0.2, -0.15) is 0 Å². The van der Waals surface area contributed by atoms with Crippen LogP contribution in [0.4, 0.5) is 0 Å². The molecule has 1 aliphatic heterocycles. The summed E-state index contributed by atoms with van der Waals surface area (Å²) in [5, 5.41) is 1.21. The van der Waals surface area contributed by atoms with Gasteiger partial charge < -0.3 is 9.64 Å². The average molecular weight is 381 g/mol. The molecule has 0 unspecified atom stereocenters. The summed E-state index contributed by atoms with van der Waals surface area (Å²) in [6.07, 6.45) is 2.41. The van der Waals surface area contributed by atoms with Crippen molar-refractivity contribution in [3.8, 4) is 5.75 Å². The first-order valence-corrected chi connectivity index (χ1v) is 10.3. The molecule has 1 aromatic heterocycles. The molecule has 1 amide bonds. The Hall–Kier alpha value is -2.40. The van der Waals surface area contributed by atoms with E-state index >= 15 is 0 Å². The van der Waals surface area contributed by atoms with Crippen LogP contribution in [-0.4, -0.2) is 35.5 Å². The smallest absolute Gasteiger partial charge is 0.225 e. The van der Waals surface area contributed by atoms with Crippen LogP contribution in [0.3, 0.4) is 0 Å². The molecule has 1 saturated heterocycles. The minimum atomic E-state index is 0.185. The molecule has 0 atom stereocenters. The molecular weight excluding hydrogens is 356 g/mol. The van der Waals surface area contributed by atoms with E-state index < -0.39 is 0 Å². The van der Waals surface area contributed by atoms with Crippen molar-refractivity contribution in [2.24, 2.45) is 0 Å². The number of benzene rings is 2. The highest BCUT2D eigenvalue weighted by molar-refractivity contribution is 7.18. The van der Waals surface area contributed by atoms with Crippen LogP contribution in [0, 0.1) is 6.92 Å². The predicted octanol–water partition coefficient (Wildman–Crippen LogP) is 4.78. The number of rotatable bonds is 5. The van der Waals surface area contributed by atoms with Crippen LogP contribution < -0.4 is 4.74 Å². The normalized spacial score (nSPS) is 15.2. The molecule has 2 aromatic carbocycles. The van der Waals surface area contributed by atoms with Crippen molar-refractivity contribution in [3.05, 3.63) is 59.1 Å². The molecule has 1 aliphatic rings. The fourth-order valence-corrected chi connectivity index (χ4v) is 4.63. The lowest BCUT2D eigenvalue weighted by Gasteiger charge is -2.31. The van der Waals surface area contributed by atoms with E-state index in [2.05, 4.69) is 18.2 Å². The summed E-state index contributed by atoms with van der Waals surface area (Å²) >= 11 is 1.79. The van der Waals surface area contributed by atoms with Gasteiger partial charge in [0.2, 0.25) is 5.91 Å². The third-order valence-electron chi connectivity index (χ3n) is 5.11. The number of hydrogen-bond donors (Lipinski definition) is 0. The molecule has 4 nitrogen and oxygen atoms in total. The molecule has 0 aliphatic carbocycles. The van der Waals surface area contributed by atoms with E-state index in [1.807, 2.05) is 42.2 Å². The summed E-state index contributed by atoms with van der Waals surface area (Å²) in [7, 11) is 0. The summed E-state index contributed by atoms with van der Waals surface area (Å²) in [6.45, 7) is 4.10. The van der Waals surface area contributed by atoms with Crippen molar-refractivity contribution in [1.82, 2.24) is 9.88 Å². The number of carbonyl (C=O) groups is 1. The van der Waals surface area contributed by atoms with Gasteiger partial charge in [0.15, 0.2) is 0 Å². The molecule has 3 aromatic rings. The van der Waals surface area contributed by atoms with Crippen LogP contribution >= 0.6 is 11.3 Å². The van der Waals surface area contributed by atoms with Crippen molar-refractivity contribution >= 4 is 27.5 Å². The van der Waals surface area contributed by atoms with Crippen LogP contribution in [0.2, 0.25) is 0 Å². The lowest BCUT2D eigenvalue weighted by molar-refractivity contribution is -0.132. The van der Waals surface area contributed by atoms with E-state index in [0.29, 0.717) is 18.9 Å². The van der Waals surface area contributed by atoms with E-state index in [1.165, 1.54) is 15.3 Å². The number of piperidine rings is 1. The topological polar surface area (TPSA) is 42.4 Å². The molecule has 1 fully saturated rings. The SMILES string of the molecule is Cc1ccc(OCCC(=O)N2CCC(c3nc4ccccc4s3)CC2)cc1. The third kappa shape index (κ3) is 4.30. The van der Waals surface area contributed by atoms with E-state index in [0.717, 1.165) is 37.2 Å². The van der Waals surface area contributed by atoms with E-state index in [1.54, 1.807) is 11.3 Å². The Morgan fingerprint density at radius 3 is 2.63 bits per heavy atom. The number of amides is 1. The largest absolute Gasteiger partial charge is 0.493 e. The van der Waals surface area contributed by atoms with Crippen LogP contribution in [0.5, 0.6) is 5.75 Å². The summed E-state index contributed by atoms with van der Waals surface area (Å²) in [5.74, 6) is 1.48. The van der Waals surface area contributed by atoms with Gasteiger partial charge in [-0.3, -0.25) is 4.79 Å². The molecule has 4 rings (SSSR count). The molecule has 0 saturated carbocycles. The van der Waals surface area contributed by atoms with Gasteiger partial charge in [-0.1, -0.05) is 29.8 Å². The standard InChI is InChI=1S/C22H24N2O2S/c1-16-6-8-18(9-7-16)26-15-12-21(25)24-13-10-17(11-14-24)22-23-19-4-2-3-5-20(19)27-22/h2-9,17H,10-15H2,1H3. The van der Waals surface area contributed by atoms with Crippen molar-refractivity contribution < 1.29 is 9.53 Å². The Morgan fingerprint density at radius 2 is 1.89 bits per heavy atom. The maximum atomic E-state index is 12.5. The minimum absolute atomic E-state index is 0.185. The molecule has 2 heterocycles. The second kappa shape index (κ2) is 8.09. The highest BCUT2D eigenvalue weighted by Gasteiger charge is 2.25. The quantitative estimate of drug-likeness (QED) is 0.640. The summed E-state index contributed by atoms with van der Waals surface area (Å²) in [6, 6.07) is 16.2. The Labute approximate surface area is 163 Å². The van der Waals surface area contributed by atoms with E-state index in [-0.39, 0.29) is 5.91 Å². The number of ether oxygens (including phenoxy) is 1. The Bertz CT molecular complexity index is 878. The number of likely N-dealkylation sites (tertiary alicyclic amines) is 1. The maximum Gasteiger partial charge on any atom is 0.225 e. The molecular formula is C22H24N2O2S.